The molecule has 0 atom stereocenters. The lowest BCUT2D eigenvalue weighted by Gasteiger charge is -2.13. The van der Waals surface area contributed by atoms with Gasteiger partial charge in [-0.25, -0.2) is 0 Å². The number of carbonyl (C=O) groups excluding carboxylic acids is 1. The van der Waals surface area contributed by atoms with Crippen molar-refractivity contribution in [2.75, 3.05) is 0 Å². The molecule has 0 unspecified atom stereocenters. The lowest BCUT2D eigenvalue weighted by Crippen LogP contribution is -2.25. The number of aromatic nitrogens is 1. The lowest BCUT2D eigenvalue weighted by molar-refractivity contribution is -0.135. The van der Waals surface area contributed by atoms with Crippen molar-refractivity contribution >= 4 is 24.4 Å². The van der Waals surface area contributed by atoms with Crippen molar-refractivity contribution in [2.45, 2.75) is 5.92 Å². The number of nitrogens with zero attached hydrogens (tertiary/aromatic N) is 1. The number of halogens is 2. The second-order valence-corrected chi connectivity index (χ2v) is 3.35. The molecule has 1 heterocycles. The summed E-state index contributed by atoms with van der Waals surface area (Å²) >= 11 is 0. The van der Waals surface area contributed by atoms with Gasteiger partial charge in [-0.1, -0.05) is 12.1 Å². The van der Waals surface area contributed by atoms with Gasteiger partial charge in [0.05, 0.1) is 5.52 Å². The smallest absolute Gasteiger partial charge is 0.306 e. The number of hydrogen-bond donors (Lipinski definition) is 0. The second-order valence-electron chi connectivity index (χ2n) is 3.35. The Balaban J connectivity index is 2.59. The van der Waals surface area contributed by atoms with Gasteiger partial charge in [0.25, 0.3) is 0 Å². The Morgan fingerprint density at radius 3 is 2.75 bits per heavy atom. The van der Waals surface area contributed by atoms with Gasteiger partial charge in [0.1, 0.15) is 5.68 Å². The zero-order valence-electron chi connectivity index (χ0n) is 8.15. The van der Waals surface area contributed by atoms with Crippen LogP contribution in [0.1, 0.15) is 5.56 Å². The van der Waals surface area contributed by atoms with E-state index >= 15 is 0 Å². The third-order valence-corrected chi connectivity index (χ3v) is 2.28. The Hall–Kier alpha value is -1.78. The third kappa shape index (κ3) is 1.69. The molecule has 2 nitrogen and oxygen atoms in total. The average Bonchev–Trinajstić information content (AvgIpc) is 2.28. The molecule has 0 bridgehead atoms. The van der Waals surface area contributed by atoms with Gasteiger partial charge in [-0.05, 0) is 18.2 Å². The van der Waals surface area contributed by atoms with Gasteiger partial charge in [0.2, 0.25) is 0 Å². The first-order chi connectivity index (χ1) is 7.51. The van der Waals surface area contributed by atoms with E-state index in [9.17, 15) is 13.6 Å². The van der Waals surface area contributed by atoms with E-state index in [1.54, 1.807) is 18.3 Å². The summed E-state index contributed by atoms with van der Waals surface area (Å²) in [7, 11) is 4.64. The number of benzene rings is 1. The number of fused-ring (bicyclic) bond motifs is 1. The molecule has 2 radical (unpaired) electrons. The molecular weight excluding hydrogens is 211 g/mol. The zero-order valence-corrected chi connectivity index (χ0v) is 8.15. The average molecular weight is 217 g/mol. The van der Waals surface area contributed by atoms with E-state index in [0.717, 1.165) is 6.07 Å². The van der Waals surface area contributed by atoms with Gasteiger partial charge >= 0.3 is 5.92 Å². The van der Waals surface area contributed by atoms with Crippen molar-refractivity contribution in [1.82, 2.24) is 4.98 Å². The fraction of sp³-hybridized carbons (Fsp3) is 0.0909. The quantitative estimate of drug-likeness (QED) is 0.720. The fourth-order valence-corrected chi connectivity index (χ4v) is 1.41. The first kappa shape index (κ1) is 10.7. The van der Waals surface area contributed by atoms with E-state index in [0.29, 0.717) is 10.9 Å². The van der Waals surface area contributed by atoms with Crippen LogP contribution < -0.4 is 0 Å². The van der Waals surface area contributed by atoms with Crippen LogP contribution in [-0.2, 0) is 10.7 Å². The Bertz CT molecular complexity index is 556. The highest BCUT2D eigenvalue weighted by Crippen LogP contribution is 2.29. The van der Waals surface area contributed by atoms with Crippen LogP contribution in [0.2, 0.25) is 0 Å². The molecule has 0 spiro atoms. The van der Waals surface area contributed by atoms with Gasteiger partial charge in [-0.15, -0.1) is 0 Å². The van der Waals surface area contributed by atoms with E-state index in [2.05, 4.69) is 12.8 Å². The molecule has 5 heteroatoms. The number of hydrogen-bond acceptors (Lipinski definition) is 2. The van der Waals surface area contributed by atoms with Crippen LogP contribution in [0, 0.1) is 0 Å². The number of pyridine rings is 1. The number of alkyl halides is 2. The minimum atomic E-state index is -3.65. The monoisotopic (exact) mass is 217 g/mol. The van der Waals surface area contributed by atoms with Crippen molar-refractivity contribution in [3.8, 4) is 0 Å². The highest BCUT2D eigenvalue weighted by atomic mass is 19.3. The maximum Gasteiger partial charge on any atom is 0.320 e. The normalized spacial score (nSPS) is 11.6. The van der Waals surface area contributed by atoms with Crippen molar-refractivity contribution in [1.29, 1.82) is 0 Å². The highest BCUT2D eigenvalue weighted by Gasteiger charge is 2.36. The fourth-order valence-electron chi connectivity index (χ4n) is 1.41. The van der Waals surface area contributed by atoms with E-state index in [1.807, 2.05) is 0 Å². The number of rotatable bonds is 2. The van der Waals surface area contributed by atoms with Crippen molar-refractivity contribution in [3.63, 3.8) is 0 Å². The van der Waals surface area contributed by atoms with Gasteiger partial charge in [0.15, 0.2) is 7.85 Å². The molecule has 0 aliphatic rings. The van der Waals surface area contributed by atoms with Crippen LogP contribution >= 0.6 is 0 Å². The van der Waals surface area contributed by atoms with Crippen molar-refractivity contribution in [2.24, 2.45) is 0 Å². The molecule has 0 fully saturated rings. The molecule has 1 aromatic carbocycles. The van der Waals surface area contributed by atoms with Crippen molar-refractivity contribution < 1.29 is 13.6 Å². The minimum Gasteiger partial charge on any atom is -0.306 e. The Labute approximate surface area is 91.7 Å². The number of carbonyl (C=O) groups is 1. The molecular formula is C11H6BF2NO. The first-order valence-electron chi connectivity index (χ1n) is 4.55. The third-order valence-electron chi connectivity index (χ3n) is 2.28. The molecule has 16 heavy (non-hydrogen) atoms. The zero-order chi connectivity index (χ0) is 11.8. The lowest BCUT2D eigenvalue weighted by atomic mass is 9.91. The summed E-state index contributed by atoms with van der Waals surface area (Å²) in [5.74, 6) is -3.65. The summed E-state index contributed by atoms with van der Waals surface area (Å²) in [6.07, 6.45) is 1.56. The van der Waals surface area contributed by atoms with Crippen LogP contribution in [0.3, 0.4) is 0 Å². The van der Waals surface area contributed by atoms with Crippen LogP contribution in [0.25, 0.3) is 10.9 Å². The summed E-state index contributed by atoms with van der Waals surface area (Å²) in [5.41, 5.74) is -1.48. The van der Waals surface area contributed by atoms with E-state index < -0.39 is 17.2 Å². The topological polar surface area (TPSA) is 30.0 Å². The Kier molecular flexibility index (Phi) is 2.46. The molecule has 1 aromatic heterocycles. The minimum absolute atomic E-state index is 0.416. The summed E-state index contributed by atoms with van der Waals surface area (Å²) in [6.45, 7) is 0. The van der Waals surface area contributed by atoms with E-state index in [1.165, 1.54) is 12.1 Å². The molecule has 0 aliphatic heterocycles. The molecule has 78 valence electrons. The highest BCUT2D eigenvalue weighted by molar-refractivity contribution is 6.59. The SMILES string of the molecule is [B]C(=O)C(F)(F)c1ccc2ncccc2c1. The summed E-state index contributed by atoms with van der Waals surface area (Å²) < 4.78 is 26.6. The maximum atomic E-state index is 13.3. The standard InChI is InChI=1S/C11H6BF2NO/c12-10(16)11(13,14)8-3-4-9-7(6-8)2-1-5-15-9/h1-6H. The van der Waals surface area contributed by atoms with Gasteiger partial charge in [0, 0.05) is 17.1 Å². The molecule has 0 saturated heterocycles. The maximum absolute atomic E-state index is 13.3. The summed E-state index contributed by atoms with van der Waals surface area (Å²) in [4.78, 5) is 14.6. The van der Waals surface area contributed by atoms with Crippen LogP contribution in [0.5, 0.6) is 0 Å². The van der Waals surface area contributed by atoms with Gasteiger partial charge in [-0.2, -0.15) is 8.78 Å². The molecule has 0 saturated carbocycles. The Morgan fingerprint density at radius 2 is 2.06 bits per heavy atom. The predicted octanol–water partition coefficient (Wildman–Crippen LogP) is 2.02. The molecule has 2 rings (SSSR count). The van der Waals surface area contributed by atoms with Crippen LogP contribution in [0.4, 0.5) is 8.78 Å². The summed E-state index contributed by atoms with van der Waals surface area (Å²) in [5, 5.41) is 0.543. The molecule has 2 aromatic rings. The molecule has 0 amide bonds. The van der Waals surface area contributed by atoms with Gasteiger partial charge in [-0.3, -0.25) is 4.98 Å². The van der Waals surface area contributed by atoms with Crippen LogP contribution in [-0.4, -0.2) is 18.5 Å². The second kappa shape index (κ2) is 3.66. The van der Waals surface area contributed by atoms with E-state index in [4.69, 9.17) is 0 Å². The van der Waals surface area contributed by atoms with Crippen molar-refractivity contribution in [3.05, 3.63) is 42.1 Å². The largest absolute Gasteiger partial charge is 0.320 e. The molecule has 0 aliphatic carbocycles. The molecule has 0 N–H and O–H groups in total. The van der Waals surface area contributed by atoms with E-state index in [-0.39, 0.29) is 0 Å². The van der Waals surface area contributed by atoms with Gasteiger partial charge < -0.3 is 4.79 Å². The first-order valence-corrected chi connectivity index (χ1v) is 4.55. The van der Waals surface area contributed by atoms with Crippen LogP contribution in [0.15, 0.2) is 36.5 Å². The Morgan fingerprint density at radius 1 is 1.31 bits per heavy atom. The predicted molar refractivity (Wildman–Crippen MR) is 56.4 cm³/mol. The summed E-state index contributed by atoms with van der Waals surface area (Å²) in [6, 6.07) is 7.08.